The molecule has 44 heavy (non-hydrogen) atoms. The summed E-state index contributed by atoms with van der Waals surface area (Å²) in [6, 6.07) is 30.0. The first-order valence-electron chi connectivity index (χ1n) is 13.4. The molecule has 0 saturated heterocycles. The van der Waals surface area contributed by atoms with Gasteiger partial charge in [-0.05, 0) is 45.3 Å². The third-order valence-electron chi connectivity index (χ3n) is 7.45. The third kappa shape index (κ3) is 4.76. The normalized spacial score (nSPS) is 15.9. The molecule has 0 aliphatic carbocycles. The molecule has 218 valence electrons. The first kappa shape index (κ1) is 27.7. The van der Waals surface area contributed by atoms with Crippen LogP contribution in [0.3, 0.4) is 0 Å². The van der Waals surface area contributed by atoms with E-state index in [1.54, 1.807) is 66.7 Å². The summed E-state index contributed by atoms with van der Waals surface area (Å²) >= 11 is 0. The van der Waals surface area contributed by atoms with Gasteiger partial charge in [-0.3, -0.25) is 9.69 Å². The number of para-hydroxylation sites is 1. The molecule has 1 aliphatic rings. The summed E-state index contributed by atoms with van der Waals surface area (Å²) < 4.78 is 70.1. The molecule has 0 radical (unpaired) electrons. The lowest BCUT2D eigenvalue weighted by molar-refractivity contribution is -0.274. The molecule has 10 heteroatoms. The minimum absolute atomic E-state index is 0.00952. The zero-order chi connectivity index (χ0) is 30.6. The zero-order valence-corrected chi connectivity index (χ0v) is 23.4. The Hall–Kier alpha value is -5.11. The Morgan fingerprint density at radius 1 is 0.659 bits per heavy atom. The fourth-order valence-corrected chi connectivity index (χ4v) is 6.62. The Bertz CT molecular complexity index is 2180. The van der Waals surface area contributed by atoms with Crippen molar-refractivity contribution in [2.45, 2.75) is 6.36 Å². The Morgan fingerprint density at radius 3 is 1.70 bits per heavy atom. The van der Waals surface area contributed by atoms with Gasteiger partial charge >= 0.3 is 14.2 Å². The molecule has 1 unspecified atom stereocenters. The Kier molecular flexibility index (Phi) is 6.46. The van der Waals surface area contributed by atoms with E-state index in [2.05, 4.69) is 4.74 Å². The van der Waals surface area contributed by atoms with Crippen molar-refractivity contribution in [3.8, 4) is 50.6 Å². The predicted molar refractivity (Wildman–Crippen MR) is 161 cm³/mol. The fourth-order valence-electron chi connectivity index (χ4n) is 5.74. The second-order valence-electron chi connectivity index (χ2n) is 10.1. The number of hydrogen-bond donors (Lipinski definition) is 1. The zero-order valence-electron chi connectivity index (χ0n) is 22.5. The van der Waals surface area contributed by atoms with Crippen LogP contribution < -0.4 is 13.8 Å². The van der Waals surface area contributed by atoms with E-state index >= 15 is 0 Å². The minimum Gasteiger partial charge on any atom is -0.405 e. The summed E-state index contributed by atoms with van der Waals surface area (Å²) in [6.07, 6.45) is -4.31. The van der Waals surface area contributed by atoms with Gasteiger partial charge in [0.1, 0.15) is 17.2 Å². The molecule has 6 nitrogen and oxygen atoms in total. The lowest BCUT2D eigenvalue weighted by atomic mass is 9.86. The van der Waals surface area contributed by atoms with E-state index in [0.717, 1.165) is 11.5 Å². The molecule has 1 N–H and O–H groups in total. The summed E-state index contributed by atoms with van der Waals surface area (Å²) in [5, 5.41) is 2.57. The van der Waals surface area contributed by atoms with Gasteiger partial charge in [0.25, 0.3) is 0 Å². The summed E-state index contributed by atoms with van der Waals surface area (Å²) in [5.41, 5.74) is 1.94. The second kappa shape index (κ2) is 10.3. The molecule has 7 rings (SSSR count). The maximum absolute atomic E-state index is 13.7. The van der Waals surface area contributed by atoms with Crippen LogP contribution in [0.5, 0.6) is 17.2 Å². The summed E-state index contributed by atoms with van der Waals surface area (Å²) in [7, 11) is -4.98. The Morgan fingerprint density at radius 2 is 1.14 bits per heavy atom. The van der Waals surface area contributed by atoms with Crippen molar-refractivity contribution in [3.63, 3.8) is 0 Å². The molecule has 6 aromatic rings. The van der Waals surface area contributed by atoms with Crippen molar-refractivity contribution < 1.29 is 41.2 Å². The van der Waals surface area contributed by atoms with Gasteiger partial charge in [0, 0.05) is 33.4 Å². The van der Waals surface area contributed by atoms with Crippen LogP contribution in [-0.2, 0) is 4.57 Å². The molecule has 0 bridgehead atoms. The minimum atomic E-state index is -5.00. The average Bonchev–Trinajstić information content (AvgIpc) is 3.13. The Balaban J connectivity index is 1.68. The smallest absolute Gasteiger partial charge is 0.405 e. The van der Waals surface area contributed by atoms with Crippen molar-refractivity contribution in [2.75, 3.05) is 0 Å². The van der Waals surface area contributed by atoms with Crippen molar-refractivity contribution in [1.29, 1.82) is 0 Å². The molecule has 1 heterocycles. The van der Waals surface area contributed by atoms with E-state index < -0.39 is 19.9 Å². The van der Waals surface area contributed by atoms with E-state index in [1.165, 1.54) is 18.2 Å². The maximum atomic E-state index is 13.7. The largest absolute Gasteiger partial charge is 0.584 e. The number of phosphoric ester groups is 1. The van der Waals surface area contributed by atoms with Crippen molar-refractivity contribution in [1.82, 2.24) is 0 Å². The number of phosphoric acid groups is 1. The van der Waals surface area contributed by atoms with Gasteiger partial charge in [-0.2, -0.15) is 0 Å². The monoisotopic (exact) mass is 612 g/mol. The first-order valence-corrected chi connectivity index (χ1v) is 14.9. The van der Waals surface area contributed by atoms with E-state index in [-0.39, 0.29) is 22.6 Å². The SMILES string of the molecule is O=Cc1ccccc1-c1cc2ccccc2c2c1OP(=O)(O)Oc1c(-c3ccccc3OC(F)(F)F)cc3ccccc3c1-2. The summed E-state index contributed by atoms with van der Waals surface area (Å²) in [6.45, 7) is 0. The number of benzene rings is 6. The summed E-state index contributed by atoms with van der Waals surface area (Å²) in [5.74, 6) is -0.681. The number of carbonyl (C=O) groups excluding carboxylic acids is 1. The van der Waals surface area contributed by atoms with E-state index in [9.17, 15) is 27.4 Å². The standard InChI is InChI=1S/C34H20F3O6P/c35-34(36,37)41-29-16-8-7-15-26(29)28-18-21-10-2-6-14-25(21)31-30-24-13-5-1-9-20(24)17-27(23-12-4-3-11-22(23)19-38)32(30)42-44(39,40)43-33(28)31/h1-19H,(H,39,40). The molecule has 0 fully saturated rings. The van der Waals surface area contributed by atoms with Gasteiger partial charge < -0.3 is 13.8 Å². The van der Waals surface area contributed by atoms with Crippen LogP contribution in [0.1, 0.15) is 10.4 Å². The molecule has 0 aromatic heterocycles. The van der Waals surface area contributed by atoms with Crippen LogP contribution in [0, 0.1) is 0 Å². The van der Waals surface area contributed by atoms with Gasteiger partial charge in [0.2, 0.25) is 0 Å². The van der Waals surface area contributed by atoms with Crippen LogP contribution >= 0.6 is 7.82 Å². The number of halogens is 3. The number of aldehydes is 1. The lowest BCUT2D eigenvalue weighted by Crippen LogP contribution is -2.17. The fraction of sp³-hybridized carbons (Fsp3) is 0.0294. The van der Waals surface area contributed by atoms with Crippen LogP contribution in [0.4, 0.5) is 13.2 Å². The van der Waals surface area contributed by atoms with Gasteiger partial charge in [-0.1, -0.05) is 91.0 Å². The highest BCUT2D eigenvalue weighted by Crippen LogP contribution is 2.62. The number of fused-ring (bicyclic) bond motifs is 7. The van der Waals surface area contributed by atoms with Crippen molar-refractivity contribution in [3.05, 3.63) is 115 Å². The van der Waals surface area contributed by atoms with Crippen LogP contribution in [0.25, 0.3) is 54.9 Å². The highest BCUT2D eigenvalue weighted by molar-refractivity contribution is 7.48. The number of ether oxygens (including phenoxy) is 1. The number of carbonyl (C=O) groups is 1. The summed E-state index contributed by atoms with van der Waals surface area (Å²) in [4.78, 5) is 23.2. The number of hydrogen-bond acceptors (Lipinski definition) is 5. The second-order valence-corrected chi connectivity index (χ2v) is 11.4. The lowest BCUT2D eigenvalue weighted by Gasteiger charge is -2.20. The van der Waals surface area contributed by atoms with Crippen LogP contribution in [-0.4, -0.2) is 17.5 Å². The highest BCUT2D eigenvalue weighted by atomic mass is 31.2. The Labute approximate surface area is 248 Å². The maximum Gasteiger partial charge on any atom is 0.584 e. The number of alkyl halides is 3. The van der Waals surface area contributed by atoms with Crippen molar-refractivity contribution in [2.24, 2.45) is 0 Å². The molecule has 0 saturated carbocycles. The average molecular weight is 612 g/mol. The molecule has 1 aliphatic heterocycles. The van der Waals surface area contributed by atoms with Gasteiger partial charge in [0.05, 0.1) is 0 Å². The van der Waals surface area contributed by atoms with Crippen LogP contribution in [0.2, 0.25) is 0 Å². The van der Waals surface area contributed by atoms with Gasteiger partial charge in [0.15, 0.2) is 6.29 Å². The van der Waals surface area contributed by atoms with Gasteiger partial charge in [-0.15, -0.1) is 13.2 Å². The first-order chi connectivity index (χ1) is 21.1. The third-order valence-corrected chi connectivity index (χ3v) is 8.27. The molecule has 0 amide bonds. The predicted octanol–water partition coefficient (Wildman–Crippen LogP) is 9.58. The van der Waals surface area contributed by atoms with E-state index in [1.807, 2.05) is 18.2 Å². The van der Waals surface area contributed by atoms with E-state index in [4.69, 9.17) is 9.05 Å². The van der Waals surface area contributed by atoms with Gasteiger partial charge in [-0.25, -0.2) is 4.57 Å². The molecular formula is C34H20F3O6P. The quantitative estimate of drug-likeness (QED) is 0.158. The topological polar surface area (TPSA) is 82.1 Å². The molecular weight excluding hydrogens is 592 g/mol. The number of rotatable bonds is 4. The highest BCUT2D eigenvalue weighted by Gasteiger charge is 2.39. The molecule has 6 aromatic carbocycles. The van der Waals surface area contributed by atoms with Crippen LogP contribution in [0.15, 0.2) is 109 Å². The molecule has 1 atom stereocenters. The van der Waals surface area contributed by atoms with E-state index in [0.29, 0.717) is 50.3 Å². The van der Waals surface area contributed by atoms with Crippen molar-refractivity contribution >= 4 is 35.7 Å². The molecule has 0 spiro atoms.